The molecule has 0 radical (unpaired) electrons. The highest BCUT2D eigenvalue weighted by atomic mass is 19.4. The highest BCUT2D eigenvalue weighted by molar-refractivity contribution is 5.69. The molecule has 1 atom stereocenters. The molecule has 1 aromatic rings. The van der Waals surface area contributed by atoms with Crippen LogP contribution in [0.4, 0.5) is 18.0 Å². The third-order valence-corrected chi connectivity index (χ3v) is 3.92. The topological polar surface area (TPSA) is 53.4 Å². The van der Waals surface area contributed by atoms with Crippen LogP contribution in [-0.4, -0.2) is 34.3 Å². The van der Waals surface area contributed by atoms with Gasteiger partial charge in [-0.2, -0.15) is 17.9 Å². The highest BCUT2D eigenvalue weighted by Gasteiger charge is 2.65. The van der Waals surface area contributed by atoms with E-state index in [0.29, 0.717) is 0 Å². The summed E-state index contributed by atoms with van der Waals surface area (Å²) in [6, 6.07) is 1.42. The molecule has 2 rings (SSSR count). The normalized spacial score (nSPS) is 18.4. The summed E-state index contributed by atoms with van der Waals surface area (Å²) in [4.78, 5) is 11.8. The molecule has 1 heterocycles. The lowest BCUT2D eigenvalue weighted by Crippen LogP contribution is -2.34. The van der Waals surface area contributed by atoms with Crippen molar-refractivity contribution >= 4 is 6.09 Å². The Hall–Kier alpha value is -1.73. The van der Waals surface area contributed by atoms with Crippen molar-refractivity contribution in [1.29, 1.82) is 0 Å². The van der Waals surface area contributed by atoms with Crippen molar-refractivity contribution in [2.24, 2.45) is 11.3 Å². The lowest BCUT2D eigenvalue weighted by Gasteiger charge is -2.25. The summed E-state index contributed by atoms with van der Waals surface area (Å²) >= 11 is 0. The third kappa shape index (κ3) is 3.97. The van der Waals surface area contributed by atoms with Crippen LogP contribution in [0.15, 0.2) is 12.3 Å². The Morgan fingerprint density at radius 2 is 2.00 bits per heavy atom. The average molecular weight is 334 g/mol. The molecule has 0 aromatic carbocycles. The Bertz CT molecular complexity index is 571. The van der Waals surface area contributed by atoms with Crippen molar-refractivity contribution in [3.8, 4) is 5.88 Å². The van der Waals surface area contributed by atoms with Crippen molar-refractivity contribution in [3.05, 3.63) is 12.3 Å². The number of hydrogen-bond acceptors (Lipinski definition) is 4. The van der Waals surface area contributed by atoms with Crippen molar-refractivity contribution in [2.75, 3.05) is 6.61 Å². The van der Waals surface area contributed by atoms with Crippen LogP contribution in [0.2, 0.25) is 0 Å². The lowest BCUT2D eigenvalue weighted by atomic mass is 9.91. The summed E-state index contributed by atoms with van der Waals surface area (Å²) in [5.41, 5.74) is -2.30. The second kappa shape index (κ2) is 5.72. The standard InChI is InChI=1S/C15H21F3N2O3/c1-10(14(6-7-14)15(16,17)18)9-22-11-5-8-20(19-11)12(21)23-13(2,3)4/h5,8,10H,6-7,9H2,1-4H3. The number of carbonyl (C=O) groups is 1. The minimum Gasteiger partial charge on any atom is -0.476 e. The Kier molecular flexibility index (Phi) is 4.38. The zero-order valence-corrected chi connectivity index (χ0v) is 13.6. The first kappa shape index (κ1) is 17.6. The largest absolute Gasteiger partial charge is 0.476 e. The number of rotatable bonds is 4. The van der Waals surface area contributed by atoms with Crippen molar-refractivity contribution in [3.63, 3.8) is 0 Å². The van der Waals surface area contributed by atoms with Crippen LogP contribution in [0.1, 0.15) is 40.5 Å². The predicted octanol–water partition coefficient (Wildman–Crippen LogP) is 4.02. The zero-order valence-electron chi connectivity index (χ0n) is 13.6. The molecule has 130 valence electrons. The maximum absolute atomic E-state index is 13.0. The van der Waals surface area contributed by atoms with E-state index in [-0.39, 0.29) is 25.3 Å². The molecular weight excluding hydrogens is 313 g/mol. The summed E-state index contributed by atoms with van der Waals surface area (Å²) in [6.45, 7) is 6.58. The number of aromatic nitrogens is 2. The van der Waals surface area contributed by atoms with E-state index in [2.05, 4.69) is 5.10 Å². The van der Waals surface area contributed by atoms with Crippen molar-refractivity contribution < 1.29 is 27.4 Å². The first-order valence-electron chi connectivity index (χ1n) is 7.43. The maximum atomic E-state index is 13.0. The van der Waals surface area contributed by atoms with Gasteiger partial charge in [0.15, 0.2) is 0 Å². The minimum absolute atomic E-state index is 0.0979. The van der Waals surface area contributed by atoms with Gasteiger partial charge in [0, 0.05) is 18.2 Å². The Morgan fingerprint density at radius 3 is 2.48 bits per heavy atom. The van der Waals surface area contributed by atoms with E-state index in [4.69, 9.17) is 9.47 Å². The van der Waals surface area contributed by atoms with Crippen LogP contribution in [0.5, 0.6) is 5.88 Å². The van der Waals surface area contributed by atoms with Crippen molar-refractivity contribution in [1.82, 2.24) is 9.78 Å². The molecule has 1 aromatic heterocycles. The molecule has 1 fully saturated rings. The fraction of sp³-hybridized carbons (Fsp3) is 0.733. The summed E-state index contributed by atoms with van der Waals surface area (Å²) in [5, 5.41) is 3.87. The van der Waals surface area contributed by atoms with Crippen molar-refractivity contribution in [2.45, 2.75) is 52.3 Å². The summed E-state index contributed by atoms with van der Waals surface area (Å²) in [7, 11) is 0. The first-order chi connectivity index (χ1) is 10.4. The zero-order chi connectivity index (χ0) is 17.5. The molecule has 1 aliphatic rings. The van der Waals surface area contributed by atoms with Gasteiger partial charge in [-0.3, -0.25) is 0 Å². The lowest BCUT2D eigenvalue weighted by molar-refractivity contribution is -0.203. The molecule has 1 unspecified atom stereocenters. The summed E-state index contributed by atoms with van der Waals surface area (Å²) in [5.74, 6) is -0.574. The Morgan fingerprint density at radius 1 is 1.39 bits per heavy atom. The van der Waals surface area contributed by atoms with Gasteiger partial charge in [-0.25, -0.2) is 4.79 Å². The molecule has 23 heavy (non-hydrogen) atoms. The van der Waals surface area contributed by atoms with Crippen LogP contribution in [-0.2, 0) is 4.74 Å². The van der Waals surface area contributed by atoms with Gasteiger partial charge in [0.2, 0.25) is 5.88 Å². The second-order valence-corrected chi connectivity index (χ2v) is 6.94. The van der Waals surface area contributed by atoms with E-state index in [1.165, 1.54) is 19.2 Å². The van der Waals surface area contributed by atoms with E-state index in [1.54, 1.807) is 20.8 Å². The molecule has 8 heteroatoms. The molecular formula is C15H21F3N2O3. The number of alkyl halides is 3. The van der Waals surface area contributed by atoms with Crippen LogP contribution >= 0.6 is 0 Å². The van der Waals surface area contributed by atoms with E-state index in [0.717, 1.165) is 4.68 Å². The van der Waals surface area contributed by atoms with Gasteiger partial charge in [-0.1, -0.05) is 6.92 Å². The number of halogens is 3. The molecule has 1 aliphatic carbocycles. The fourth-order valence-corrected chi connectivity index (χ4v) is 2.35. The van der Waals surface area contributed by atoms with Gasteiger partial charge in [-0.05, 0) is 33.6 Å². The Balaban J connectivity index is 1.92. The van der Waals surface area contributed by atoms with E-state index >= 15 is 0 Å². The molecule has 0 amide bonds. The molecule has 0 N–H and O–H groups in total. The van der Waals surface area contributed by atoms with Crippen LogP contribution in [0, 0.1) is 11.3 Å². The highest BCUT2D eigenvalue weighted by Crippen LogP contribution is 2.62. The van der Waals surface area contributed by atoms with Gasteiger partial charge < -0.3 is 9.47 Å². The number of ether oxygens (including phenoxy) is 2. The molecule has 0 bridgehead atoms. The fourth-order valence-electron chi connectivity index (χ4n) is 2.35. The Labute approximate surface area is 132 Å². The van der Waals surface area contributed by atoms with E-state index in [1.807, 2.05) is 0 Å². The molecule has 0 aliphatic heterocycles. The SMILES string of the molecule is CC(COc1ccn(C(=O)OC(C)(C)C)n1)C1(C(F)(F)F)CC1. The van der Waals surface area contributed by atoms with Gasteiger partial charge in [0.1, 0.15) is 5.60 Å². The average Bonchev–Trinajstić information content (AvgIpc) is 3.07. The molecule has 0 saturated heterocycles. The quantitative estimate of drug-likeness (QED) is 0.834. The minimum atomic E-state index is -4.22. The van der Waals surface area contributed by atoms with E-state index in [9.17, 15) is 18.0 Å². The van der Waals surface area contributed by atoms with Crippen LogP contribution in [0.3, 0.4) is 0 Å². The monoisotopic (exact) mass is 334 g/mol. The molecule has 0 spiro atoms. The number of carbonyl (C=O) groups excluding carboxylic acids is 1. The first-order valence-corrected chi connectivity index (χ1v) is 7.43. The summed E-state index contributed by atoms with van der Waals surface area (Å²) < 4.78 is 50.4. The van der Waals surface area contributed by atoms with E-state index < -0.39 is 29.2 Å². The van der Waals surface area contributed by atoms with Crippen LogP contribution in [0.25, 0.3) is 0 Å². The number of hydrogen-bond donors (Lipinski definition) is 0. The molecule has 1 saturated carbocycles. The van der Waals surface area contributed by atoms with Gasteiger partial charge in [0.05, 0.1) is 12.0 Å². The predicted molar refractivity (Wildman–Crippen MR) is 76.2 cm³/mol. The van der Waals surface area contributed by atoms with Gasteiger partial charge in [-0.15, -0.1) is 5.10 Å². The molecule has 5 nitrogen and oxygen atoms in total. The van der Waals surface area contributed by atoms with Crippen LogP contribution < -0.4 is 4.74 Å². The maximum Gasteiger partial charge on any atom is 0.435 e. The summed E-state index contributed by atoms with van der Waals surface area (Å²) in [6.07, 6.45) is -3.27. The second-order valence-electron chi connectivity index (χ2n) is 6.94. The number of nitrogens with zero attached hydrogens (tertiary/aromatic N) is 2. The van der Waals surface area contributed by atoms with Gasteiger partial charge >= 0.3 is 12.3 Å². The van der Waals surface area contributed by atoms with Gasteiger partial charge in [0.25, 0.3) is 0 Å². The third-order valence-electron chi connectivity index (χ3n) is 3.92. The smallest absolute Gasteiger partial charge is 0.435 e.